The first-order valence-corrected chi connectivity index (χ1v) is 5.85. The molecule has 0 bridgehead atoms. The van der Waals surface area contributed by atoms with Crippen molar-refractivity contribution >= 4 is 5.78 Å². The molecule has 0 aliphatic rings. The van der Waals surface area contributed by atoms with Gasteiger partial charge in [0.15, 0.2) is 0 Å². The largest absolute Gasteiger partial charge is 0.308 e. The van der Waals surface area contributed by atoms with Gasteiger partial charge in [0.2, 0.25) is 0 Å². The van der Waals surface area contributed by atoms with Gasteiger partial charge in [0.1, 0.15) is 5.78 Å². The molecule has 0 rings (SSSR count). The molecule has 0 saturated carbocycles. The number of hydrogen-bond donors (Lipinski definition) is 0. The summed E-state index contributed by atoms with van der Waals surface area (Å²) in [5.41, 5.74) is 0. The zero-order valence-corrected chi connectivity index (χ0v) is 10.9. The van der Waals surface area contributed by atoms with Crippen LogP contribution in [0.5, 0.6) is 0 Å². The zero-order valence-electron chi connectivity index (χ0n) is 10.9. The molecule has 0 amide bonds. The molecule has 1 atom stereocenters. The lowest BCUT2D eigenvalue weighted by Crippen LogP contribution is -2.40. The smallest absolute Gasteiger partial charge is 0.129 e. The van der Waals surface area contributed by atoms with E-state index in [1.807, 2.05) is 0 Å². The van der Waals surface area contributed by atoms with Gasteiger partial charge in [0.05, 0.1) is 0 Å². The Balaban J connectivity index is 3.84. The number of carbonyl (C=O) groups excluding carboxylic acids is 1. The molecule has 0 aliphatic carbocycles. The summed E-state index contributed by atoms with van der Waals surface area (Å²) in [6.07, 6.45) is 1.70. The topological polar surface area (TPSA) is 23.6 Å². The van der Waals surface area contributed by atoms with Crippen molar-refractivity contribution in [2.24, 2.45) is 0 Å². The second kappa shape index (κ2) is 7.83. The number of ketones is 1. The molecule has 3 nitrogen and oxygen atoms in total. The third kappa shape index (κ3) is 7.51. The number of nitrogens with zero attached hydrogens (tertiary/aromatic N) is 2. The van der Waals surface area contributed by atoms with E-state index in [9.17, 15) is 4.79 Å². The molecular formula is C12H26N2O. The minimum Gasteiger partial charge on any atom is -0.308 e. The molecule has 15 heavy (non-hydrogen) atoms. The van der Waals surface area contributed by atoms with Crippen LogP contribution >= 0.6 is 0 Å². The molecule has 0 spiro atoms. The summed E-state index contributed by atoms with van der Waals surface area (Å²) in [4.78, 5) is 15.5. The van der Waals surface area contributed by atoms with Gasteiger partial charge in [-0.3, -0.25) is 4.90 Å². The first-order valence-electron chi connectivity index (χ1n) is 5.85. The molecule has 0 fully saturated rings. The van der Waals surface area contributed by atoms with Crippen LogP contribution in [0, 0.1) is 0 Å². The van der Waals surface area contributed by atoms with Crippen LogP contribution in [0.25, 0.3) is 0 Å². The molecule has 90 valence electrons. The Labute approximate surface area is 94.4 Å². The van der Waals surface area contributed by atoms with Crippen molar-refractivity contribution in [1.82, 2.24) is 9.80 Å². The van der Waals surface area contributed by atoms with E-state index in [4.69, 9.17) is 0 Å². The van der Waals surface area contributed by atoms with E-state index in [-0.39, 0.29) is 0 Å². The SMILES string of the molecule is CCN(CCCC(C)=O)C(C)CN(C)C. The number of Topliss-reactive ketones (excluding diaryl/α,β-unsaturated/α-hetero) is 1. The van der Waals surface area contributed by atoms with Gasteiger partial charge >= 0.3 is 0 Å². The number of hydrogen-bond acceptors (Lipinski definition) is 3. The van der Waals surface area contributed by atoms with Crippen LogP contribution in [-0.4, -0.2) is 55.4 Å². The predicted octanol–water partition coefficient (Wildman–Crippen LogP) is 1.63. The van der Waals surface area contributed by atoms with Crippen molar-refractivity contribution in [2.45, 2.75) is 39.7 Å². The lowest BCUT2D eigenvalue weighted by atomic mass is 10.2. The fourth-order valence-electron chi connectivity index (χ4n) is 1.87. The Hall–Kier alpha value is -0.410. The van der Waals surface area contributed by atoms with Crippen LogP contribution in [0.2, 0.25) is 0 Å². The third-order valence-electron chi connectivity index (χ3n) is 2.63. The van der Waals surface area contributed by atoms with Crippen LogP contribution in [0.15, 0.2) is 0 Å². The molecule has 0 aromatic heterocycles. The van der Waals surface area contributed by atoms with E-state index in [2.05, 4.69) is 37.7 Å². The van der Waals surface area contributed by atoms with E-state index in [1.165, 1.54) is 0 Å². The van der Waals surface area contributed by atoms with E-state index in [0.29, 0.717) is 18.2 Å². The maximum atomic E-state index is 10.8. The zero-order chi connectivity index (χ0) is 11.8. The quantitative estimate of drug-likeness (QED) is 0.613. The van der Waals surface area contributed by atoms with Gasteiger partial charge in [-0.2, -0.15) is 0 Å². The lowest BCUT2D eigenvalue weighted by molar-refractivity contribution is -0.117. The first kappa shape index (κ1) is 14.6. The Morgan fingerprint density at radius 3 is 2.33 bits per heavy atom. The summed E-state index contributed by atoms with van der Waals surface area (Å²) in [6.45, 7) is 9.27. The van der Waals surface area contributed by atoms with Crippen LogP contribution in [0.1, 0.15) is 33.6 Å². The molecule has 0 aliphatic heterocycles. The van der Waals surface area contributed by atoms with Gasteiger partial charge in [-0.05, 0) is 47.5 Å². The highest BCUT2D eigenvalue weighted by Gasteiger charge is 2.12. The Morgan fingerprint density at radius 2 is 1.93 bits per heavy atom. The van der Waals surface area contributed by atoms with Gasteiger partial charge in [0.25, 0.3) is 0 Å². The first-order chi connectivity index (χ1) is 6.97. The van der Waals surface area contributed by atoms with Crippen LogP contribution in [0.3, 0.4) is 0 Å². The van der Waals surface area contributed by atoms with Crippen LogP contribution < -0.4 is 0 Å². The van der Waals surface area contributed by atoms with Gasteiger partial charge in [-0.25, -0.2) is 0 Å². The minimum absolute atomic E-state index is 0.298. The highest BCUT2D eigenvalue weighted by atomic mass is 16.1. The maximum absolute atomic E-state index is 10.8. The highest BCUT2D eigenvalue weighted by Crippen LogP contribution is 2.03. The fourth-order valence-corrected chi connectivity index (χ4v) is 1.87. The Kier molecular flexibility index (Phi) is 7.61. The average molecular weight is 214 g/mol. The third-order valence-corrected chi connectivity index (χ3v) is 2.63. The molecule has 1 unspecified atom stereocenters. The Bertz CT molecular complexity index is 180. The standard InChI is InChI=1S/C12H26N2O/c1-6-14(9-7-8-12(3)15)11(2)10-13(4)5/h11H,6-10H2,1-5H3. The molecular weight excluding hydrogens is 188 g/mol. The Morgan fingerprint density at radius 1 is 1.33 bits per heavy atom. The van der Waals surface area contributed by atoms with Crippen LogP contribution in [0.4, 0.5) is 0 Å². The predicted molar refractivity (Wildman–Crippen MR) is 65.2 cm³/mol. The second-order valence-electron chi connectivity index (χ2n) is 4.55. The highest BCUT2D eigenvalue weighted by molar-refractivity contribution is 5.75. The average Bonchev–Trinajstić information content (AvgIpc) is 2.10. The molecule has 0 aromatic carbocycles. The monoisotopic (exact) mass is 214 g/mol. The summed E-state index contributed by atoms with van der Waals surface area (Å²) >= 11 is 0. The van der Waals surface area contributed by atoms with Crippen molar-refractivity contribution < 1.29 is 4.79 Å². The van der Waals surface area contributed by atoms with Crippen molar-refractivity contribution in [3.63, 3.8) is 0 Å². The summed E-state index contributed by atoms with van der Waals surface area (Å²) in [6, 6.07) is 0.567. The lowest BCUT2D eigenvalue weighted by Gasteiger charge is -2.29. The molecule has 0 saturated heterocycles. The minimum atomic E-state index is 0.298. The number of rotatable bonds is 8. The van der Waals surface area contributed by atoms with Crippen molar-refractivity contribution in [2.75, 3.05) is 33.7 Å². The van der Waals surface area contributed by atoms with Crippen LogP contribution in [-0.2, 0) is 4.79 Å². The fraction of sp³-hybridized carbons (Fsp3) is 0.917. The van der Waals surface area contributed by atoms with E-state index < -0.39 is 0 Å². The van der Waals surface area contributed by atoms with Crippen molar-refractivity contribution in [1.29, 1.82) is 0 Å². The van der Waals surface area contributed by atoms with Gasteiger partial charge < -0.3 is 9.69 Å². The molecule has 0 radical (unpaired) electrons. The molecule has 0 N–H and O–H groups in total. The summed E-state index contributed by atoms with van der Waals surface area (Å²) in [5, 5.41) is 0. The van der Waals surface area contributed by atoms with Crippen molar-refractivity contribution in [3.8, 4) is 0 Å². The van der Waals surface area contributed by atoms with E-state index in [1.54, 1.807) is 6.92 Å². The van der Waals surface area contributed by atoms with Gasteiger partial charge in [-0.15, -0.1) is 0 Å². The maximum Gasteiger partial charge on any atom is 0.129 e. The summed E-state index contributed by atoms with van der Waals surface area (Å²) in [7, 11) is 4.19. The molecule has 0 heterocycles. The second-order valence-corrected chi connectivity index (χ2v) is 4.55. The van der Waals surface area contributed by atoms with Gasteiger partial charge in [-0.1, -0.05) is 6.92 Å². The van der Waals surface area contributed by atoms with Crippen molar-refractivity contribution in [3.05, 3.63) is 0 Å². The number of carbonyl (C=O) groups is 1. The van der Waals surface area contributed by atoms with E-state index >= 15 is 0 Å². The van der Waals surface area contributed by atoms with E-state index in [0.717, 1.165) is 26.1 Å². The molecule has 0 aromatic rings. The summed E-state index contributed by atoms with van der Waals surface area (Å²) in [5.74, 6) is 0.298. The summed E-state index contributed by atoms with van der Waals surface area (Å²) < 4.78 is 0. The van der Waals surface area contributed by atoms with Gasteiger partial charge in [0, 0.05) is 19.0 Å². The normalized spacial score (nSPS) is 13.5. The molecule has 3 heteroatoms. The number of likely N-dealkylation sites (N-methyl/N-ethyl adjacent to an activating group) is 2.